The number of alkyl halides is 1. The highest BCUT2D eigenvalue weighted by molar-refractivity contribution is 9.08. The maximum absolute atomic E-state index is 10.9. The summed E-state index contributed by atoms with van der Waals surface area (Å²) in [4.78, 5) is 12.7. The number of aryl methyl sites for hydroxylation is 1. The van der Waals surface area contributed by atoms with Crippen molar-refractivity contribution in [3.63, 3.8) is 0 Å². The Kier molecular flexibility index (Phi) is 4.96. The smallest absolute Gasteiger partial charge is 0.269 e. The zero-order chi connectivity index (χ0) is 15.4. The van der Waals surface area contributed by atoms with Gasteiger partial charge in [-0.25, -0.2) is 0 Å². The average Bonchev–Trinajstić information content (AvgIpc) is 2.50. The normalized spacial score (nSPS) is 10.4. The largest absolute Gasteiger partial charge is 0.342 e. The van der Waals surface area contributed by atoms with Gasteiger partial charge < -0.3 is 4.90 Å². The van der Waals surface area contributed by atoms with Crippen LogP contribution in [-0.2, 0) is 5.33 Å². The van der Waals surface area contributed by atoms with Gasteiger partial charge in [0.25, 0.3) is 5.69 Å². The van der Waals surface area contributed by atoms with Crippen LogP contribution < -0.4 is 4.90 Å². The molecule has 0 aliphatic heterocycles. The first kappa shape index (κ1) is 15.5. The number of hydrogen-bond donors (Lipinski definition) is 0. The Balaban J connectivity index is 2.46. The molecule has 0 spiro atoms. The first-order valence-corrected chi connectivity index (χ1v) is 7.86. The van der Waals surface area contributed by atoms with E-state index in [-0.39, 0.29) is 10.6 Å². The standard InChI is InChI=1S/C16H17BrN2O2/c1-3-18(14-6-4-12(2)5-7-14)16-9-8-15(19(20)21)10-13(16)11-17/h4-10H,3,11H2,1-2H3. The van der Waals surface area contributed by atoms with Gasteiger partial charge in [-0.2, -0.15) is 0 Å². The number of hydrogen-bond acceptors (Lipinski definition) is 3. The molecular weight excluding hydrogens is 332 g/mol. The third-order valence-electron chi connectivity index (χ3n) is 3.37. The van der Waals surface area contributed by atoms with Crippen molar-refractivity contribution < 1.29 is 4.92 Å². The average molecular weight is 349 g/mol. The molecule has 21 heavy (non-hydrogen) atoms. The number of non-ortho nitro benzene ring substituents is 1. The molecule has 0 saturated carbocycles. The van der Waals surface area contributed by atoms with E-state index in [0.29, 0.717) is 5.33 Å². The van der Waals surface area contributed by atoms with Gasteiger partial charge in [0.15, 0.2) is 0 Å². The Hall–Kier alpha value is -1.88. The molecule has 2 aromatic rings. The van der Waals surface area contributed by atoms with Crippen molar-refractivity contribution in [3.05, 3.63) is 63.7 Å². The first-order chi connectivity index (χ1) is 10.1. The highest BCUT2D eigenvalue weighted by Crippen LogP contribution is 2.32. The quantitative estimate of drug-likeness (QED) is 0.436. The second kappa shape index (κ2) is 6.72. The minimum absolute atomic E-state index is 0.119. The summed E-state index contributed by atoms with van der Waals surface area (Å²) in [5.74, 6) is 0. The molecule has 0 unspecified atom stereocenters. The maximum Gasteiger partial charge on any atom is 0.269 e. The van der Waals surface area contributed by atoms with E-state index in [1.807, 2.05) is 6.07 Å². The van der Waals surface area contributed by atoms with Gasteiger partial charge in [-0.05, 0) is 37.6 Å². The third kappa shape index (κ3) is 3.42. The van der Waals surface area contributed by atoms with E-state index >= 15 is 0 Å². The van der Waals surface area contributed by atoms with Crippen LogP contribution in [0.3, 0.4) is 0 Å². The summed E-state index contributed by atoms with van der Waals surface area (Å²) in [5, 5.41) is 11.5. The number of rotatable bonds is 5. The predicted octanol–water partition coefficient (Wildman–Crippen LogP) is 4.96. The van der Waals surface area contributed by atoms with Crippen LogP contribution in [0.5, 0.6) is 0 Å². The second-order valence-corrected chi connectivity index (χ2v) is 5.34. The highest BCUT2D eigenvalue weighted by Gasteiger charge is 2.15. The van der Waals surface area contributed by atoms with E-state index in [0.717, 1.165) is 23.5 Å². The van der Waals surface area contributed by atoms with Crippen LogP contribution in [0.2, 0.25) is 0 Å². The number of nitro benzene ring substituents is 1. The summed E-state index contributed by atoms with van der Waals surface area (Å²) in [6.45, 7) is 4.91. The molecule has 0 aliphatic carbocycles. The summed E-state index contributed by atoms with van der Waals surface area (Å²) in [6, 6.07) is 13.3. The van der Waals surface area contributed by atoms with Gasteiger partial charge in [0.2, 0.25) is 0 Å². The Labute approximate surface area is 132 Å². The zero-order valence-electron chi connectivity index (χ0n) is 12.0. The zero-order valence-corrected chi connectivity index (χ0v) is 13.6. The van der Waals surface area contributed by atoms with Gasteiger partial charge in [-0.15, -0.1) is 0 Å². The monoisotopic (exact) mass is 348 g/mol. The summed E-state index contributed by atoms with van der Waals surface area (Å²) >= 11 is 3.42. The van der Waals surface area contributed by atoms with Crippen molar-refractivity contribution in [2.24, 2.45) is 0 Å². The Bertz CT molecular complexity index is 641. The molecular formula is C16H17BrN2O2. The number of nitrogens with zero attached hydrogens (tertiary/aromatic N) is 2. The molecule has 2 rings (SSSR count). The second-order valence-electron chi connectivity index (χ2n) is 4.78. The van der Waals surface area contributed by atoms with Gasteiger partial charge in [0.1, 0.15) is 0 Å². The van der Waals surface area contributed by atoms with E-state index in [1.165, 1.54) is 5.56 Å². The molecule has 0 aliphatic rings. The van der Waals surface area contributed by atoms with E-state index in [1.54, 1.807) is 12.1 Å². The van der Waals surface area contributed by atoms with Crippen LogP contribution in [0.1, 0.15) is 18.1 Å². The van der Waals surface area contributed by atoms with Gasteiger partial charge in [-0.1, -0.05) is 33.6 Å². The molecule has 5 heteroatoms. The fraction of sp³-hybridized carbons (Fsp3) is 0.250. The summed E-state index contributed by atoms with van der Waals surface area (Å²) in [6.07, 6.45) is 0. The summed E-state index contributed by atoms with van der Waals surface area (Å²) in [5.41, 5.74) is 4.31. The molecule has 0 aromatic heterocycles. The van der Waals surface area contributed by atoms with Crippen molar-refractivity contribution >= 4 is 33.0 Å². The van der Waals surface area contributed by atoms with E-state index in [2.05, 4.69) is 58.9 Å². The van der Waals surface area contributed by atoms with Gasteiger partial charge in [-0.3, -0.25) is 10.1 Å². The first-order valence-electron chi connectivity index (χ1n) is 6.74. The minimum Gasteiger partial charge on any atom is -0.342 e. The van der Waals surface area contributed by atoms with Crippen LogP contribution in [0, 0.1) is 17.0 Å². The van der Waals surface area contributed by atoms with Crippen LogP contribution in [0.4, 0.5) is 17.1 Å². The van der Waals surface area contributed by atoms with Crippen molar-refractivity contribution in [1.82, 2.24) is 0 Å². The molecule has 110 valence electrons. The van der Waals surface area contributed by atoms with E-state index in [4.69, 9.17) is 0 Å². The molecule has 0 fully saturated rings. The minimum atomic E-state index is -0.363. The van der Waals surface area contributed by atoms with Gasteiger partial charge in [0.05, 0.1) is 4.92 Å². The van der Waals surface area contributed by atoms with Crippen molar-refractivity contribution in [1.29, 1.82) is 0 Å². The molecule has 0 radical (unpaired) electrons. The Morgan fingerprint density at radius 3 is 2.38 bits per heavy atom. The van der Waals surface area contributed by atoms with E-state index in [9.17, 15) is 10.1 Å². The van der Waals surface area contributed by atoms with Crippen LogP contribution in [0.25, 0.3) is 0 Å². The Morgan fingerprint density at radius 1 is 1.19 bits per heavy atom. The van der Waals surface area contributed by atoms with Crippen molar-refractivity contribution in [2.45, 2.75) is 19.2 Å². The fourth-order valence-corrected chi connectivity index (χ4v) is 2.72. The Morgan fingerprint density at radius 2 is 1.86 bits per heavy atom. The highest BCUT2D eigenvalue weighted by atomic mass is 79.9. The lowest BCUT2D eigenvalue weighted by molar-refractivity contribution is -0.384. The van der Waals surface area contributed by atoms with Gasteiger partial charge >= 0.3 is 0 Å². The van der Waals surface area contributed by atoms with Crippen LogP contribution >= 0.6 is 15.9 Å². The number of nitro groups is 1. The van der Waals surface area contributed by atoms with Crippen molar-refractivity contribution in [3.8, 4) is 0 Å². The number of benzene rings is 2. The van der Waals surface area contributed by atoms with Crippen LogP contribution in [0.15, 0.2) is 42.5 Å². The molecule has 0 atom stereocenters. The predicted molar refractivity (Wildman–Crippen MR) is 89.6 cm³/mol. The molecule has 0 bridgehead atoms. The SMILES string of the molecule is CCN(c1ccc(C)cc1)c1ccc([N+](=O)[O-])cc1CBr. The molecule has 0 heterocycles. The molecule has 4 nitrogen and oxygen atoms in total. The fourth-order valence-electron chi connectivity index (χ4n) is 2.27. The lowest BCUT2D eigenvalue weighted by Crippen LogP contribution is -2.17. The molecule has 2 aromatic carbocycles. The lowest BCUT2D eigenvalue weighted by Gasteiger charge is -2.25. The lowest BCUT2D eigenvalue weighted by atomic mass is 10.1. The summed E-state index contributed by atoms with van der Waals surface area (Å²) < 4.78 is 0. The maximum atomic E-state index is 10.9. The number of anilines is 2. The van der Waals surface area contributed by atoms with Crippen molar-refractivity contribution in [2.75, 3.05) is 11.4 Å². The molecule has 0 saturated heterocycles. The summed E-state index contributed by atoms with van der Waals surface area (Å²) in [7, 11) is 0. The number of halogens is 1. The van der Waals surface area contributed by atoms with Crippen LogP contribution in [-0.4, -0.2) is 11.5 Å². The third-order valence-corrected chi connectivity index (χ3v) is 3.97. The molecule has 0 amide bonds. The van der Waals surface area contributed by atoms with E-state index < -0.39 is 0 Å². The van der Waals surface area contributed by atoms with Gasteiger partial charge in [0, 0.05) is 35.4 Å². The molecule has 0 N–H and O–H groups in total. The topological polar surface area (TPSA) is 46.4 Å².